The van der Waals surface area contributed by atoms with Gasteiger partial charge >= 0.3 is 0 Å². The number of hydrogen-bond acceptors (Lipinski definition) is 4. The first kappa shape index (κ1) is 18.2. The summed E-state index contributed by atoms with van der Waals surface area (Å²) < 4.78 is 5.01. The molecule has 1 aliphatic heterocycles. The van der Waals surface area contributed by atoms with E-state index in [1.807, 2.05) is 12.1 Å². The van der Waals surface area contributed by atoms with Gasteiger partial charge in [-0.1, -0.05) is 23.7 Å². The Balaban J connectivity index is 1.49. The second kappa shape index (κ2) is 8.63. The monoisotopic (exact) mass is 352 g/mol. The molecular weight excluding hydrogens is 324 g/mol. The zero-order valence-corrected chi connectivity index (χ0v) is 15.2. The smallest absolute Gasteiger partial charge is 0.0900 e. The van der Waals surface area contributed by atoms with Crippen LogP contribution in [0.15, 0.2) is 24.3 Å². The Hall–Kier alpha value is -0.650. The number of nitrogens with zero attached hydrogens (tertiary/aromatic N) is 1. The van der Waals surface area contributed by atoms with Crippen LogP contribution < -0.4 is 5.32 Å². The third kappa shape index (κ3) is 5.17. The number of likely N-dealkylation sites (tertiary alicyclic amines) is 1. The van der Waals surface area contributed by atoms with Crippen molar-refractivity contribution < 1.29 is 9.84 Å². The Morgan fingerprint density at radius 2 is 1.88 bits per heavy atom. The molecule has 5 heteroatoms. The lowest BCUT2D eigenvalue weighted by Crippen LogP contribution is -2.46. The first-order valence-electron chi connectivity index (χ1n) is 9.06. The highest BCUT2D eigenvalue weighted by molar-refractivity contribution is 6.30. The normalized spacial score (nSPS) is 22.5. The summed E-state index contributed by atoms with van der Waals surface area (Å²) in [6, 6.07) is 9.32. The minimum absolute atomic E-state index is 0.382. The quantitative estimate of drug-likeness (QED) is 0.755. The zero-order chi connectivity index (χ0) is 16.9. The van der Waals surface area contributed by atoms with Gasteiger partial charge in [0.15, 0.2) is 0 Å². The van der Waals surface area contributed by atoms with Crippen LogP contribution in [0.4, 0.5) is 0 Å². The van der Waals surface area contributed by atoms with E-state index in [-0.39, 0.29) is 6.10 Å². The molecule has 0 spiro atoms. The van der Waals surface area contributed by atoms with Crippen LogP contribution in [-0.4, -0.2) is 55.5 Å². The van der Waals surface area contributed by atoms with Gasteiger partial charge in [-0.3, -0.25) is 0 Å². The van der Waals surface area contributed by atoms with Crippen molar-refractivity contribution in [1.82, 2.24) is 10.2 Å². The van der Waals surface area contributed by atoms with Crippen molar-refractivity contribution in [3.05, 3.63) is 34.9 Å². The Morgan fingerprint density at radius 1 is 1.21 bits per heavy atom. The van der Waals surface area contributed by atoms with Crippen LogP contribution in [0.1, 0.15) is 37.3 Å². The molecule has 3 rings (SSSR count). The molecule has 1 aromatic rings. The second-order valence-corrected chi connectivity index (χ2v) is 7.65. The standard InChI is InChI=1S/C19H29ClN2O2/c1-24-13-18(23)12-22-10-8-17(9-11-22)21-19(14-2-3-14)15-4-6-16(20)7-5-15/h4-7,14,17-19,21,23H,2-3,8-13H2,1H3/t18-,19-/m0/s1. The molecule has 0 radical (unpaired) electrons. The number of nitrogens with one attached hydrogen (secondary N) is 1. The molecule has 0 bridgehead atoms. The van der Waals surface area contributed by atoms with Gasteiger partial charge in [0.25, 0.3) is 0 Å². The van der Waals surface area contributed by atoms with Crippen molar-refractivity contribution in [2.75, 3.05) is 33.4 Å². The number of aliphatic hydroxyl groups is 1. The summed E-state index contributed by atoms with van der Waals surface area (Å²) in [5, 5.41) is 14.6. The molecule has 1 aliphatic carbocycles. The molecule has 2 fully saturated rings. The van der Waals surface area contributed by atoms with Crippen LogP contribution in [0.5, 0.6) is 0 Å². The number of rotatable bonds is 8. The van der Waals surface area contributed by atoms with Crippen LogP contribution in [0.25, 0.3) is 0 Å². The fraction of sp³-hybridized carbons (Fsp3) is 0.684. The summed E-state index contributed by atoms with van der Waals surface area (Å²) in [6.45, 7) is 3.20. The second-order valence-electron chi connectivity index (χ2n) is 7.22. The first-order chi connectivity index (χ1) is 11.7. The third-order valence-electron chi connectivity index (χ3n) is 5.15. The number of halogens is 1. The van der Waals surface area contributed by atoms with Gasteiger partial charge in [-0.25, -0.2) is 0 Å². The first-order valence-corrected chi connectivity index (χ1v) is 9.44. The van der Waals surface area contributed by atoms with Crippen molar-refractivity contribution >= 4 is 11.6 Å². The molecule has 4 nitrogen and oxygen atoms in total. The van der Waals surface area contributed by atoms with Gasteiger partial charge in [-0.2, -0.15) is 0 Å². The maximum atomic E-state index is 9.87. The molecule has 1 saturated carbocycles. The molecule has 24 heavy (non-hydrogen) atoms. The predicted molar refractivity (Wildman–Crippen MR) is 97.4 cm³/mol. The van der Waals surface area contributed by atoms with E-state index in [0.717, 1.165) is 36.9 Å². The minimum atomic E-state index is -0.382. The average Bonchev–Trinajstić information content (AvgIpc) is 3.40. The van der Waals surface area contributed by atoms with Gasteiger partial charge in [0, 0.05) is 30.8 Å². The van der Waals surface area contributed by atoms with Crippen molar-refractivity contribution in [1.29, 1.82) is 0 Å². The number of aliphatic hydroxyl groups excluding tert-OH is 1. The largest absolute Gasteiger partial charge is 0.389 e. The van der Waals surface area contributed by atoms with E-state index >= 15 is 0 Å². The lowest BCUT2D eigenvalue weighted by Gasteiger charge is -2.35. The summed E-state index contributed by atoms with van der Waals surface area (Å²) >= 11 is 6.03. The molecule has 0 unspecified atom stereocenters. The molecule has 0 amide bonds. The molecule has 2 aliphatic rings. The Labute approximate surface area is 150 Å². The maximum Gasteiger partial charge on any atom is 0.0900 e. The van der Waals surface area contributed by atoms with E-state index in [4.69, 9.17) is 16.3 Å². The van der Waals surface area contributed by atoms with E-state index in [1.54, 1.807) is 7.11 Å². The minimum Gasteiger partial charge on any atom is -0.389 e. The Morgan fingerprint density at radius 3 is 2.46 bits per heavy atom. The van der Waals surface area contributed by atoms with Crippen LogP contribution >= 0.6 is 11.6 Å². The number of methoxy groups -OCH3 is 1. The number of benzene rings is 1. The highest BCUT2D eigenvalue weighted by atomic mass is 35.5. The molecule has 2 atom stereocenters. The molecule has 1 aromatic carbocycles. The third-order valence-corrected chi connectivity index (χ3v) is 5.41. The Kier molecular flexibility index (Phi) is 6.53. The molecule has 134 valence electrons. The number of hydrogen-bond donors (Lipinski definition) is 2. The zero-order valence-electron chi connectivity index (χ0n) is 14.5. The van der Waals surface area contributed by atoms with Crippen LogP contribution in [0, 0.1) is 5.92 Å². The fourth-order valence-electron chi connectivity index (χ4n) is 3.68. The molecule has 2 N–H and O–H groups in total. The number of ether oxygens (including phenoxy) is 1. The lowest BCUT2D eigenvalue weighted by atomic mass is 9.98. The lowest BCUT2D eigenvalue weighted by molar-refractivity contribution is 0.0306. The molecule has 0 aromatic heterocycles. The maximum absolute atomic E-state index is 9.87. The summed E-state index contributed by atoms with van der Waals surface area (Å²) in [4.78, 5) is 2.34. The SMILES string of the molecule is COC[C@@H](O)CN1CCC(N[C@H](c2ccc(Cl)cc2)C2CC2)CC1. The van der Waals surface area contributed by atoms with Gasteiger partial charge in [0.2, 0.25) is 0 Å². The van der Waals surface area contributed by atoms with E-state index in [1.165, 1.54) is 18.4 Å². The molecule has 1 heterocycles. The van der Waals surface area contributed by atoms with E-state index in [0.29, 0.717) is 25.2 Å². The van der Waals surface area contributed by atoms with E-state index in [9.17, 15) is 5.11 Å². The van der Waals surface area contributed by atoms with Gasteiger partial charge in [-0.15, -0.1) is 0 Å². The van der Waals surface area contributed by atoms with Crippen LogP contribution in [0.2, 0.25) is 5.02 Å². The van der Waals surface area contributed by atoms with E-state index in [2.05, 4.69) is 22.3 Å². The van der Waals surface area contributed by atoms with Crippen LogP contribution in [-0.2, 0) is 4.74 Å². The number of β-amino-alcohol motifs (C(OH)–C–C–N with tert-alkyl or cyclic N) is 1. The predicted octanol–water partition coefficient (Wildman–Crippen LogP) is 2.85. The fourth-order valence-corrected chi connectivity index (χ4v) is 3.81. The highest BCUT2D eigenvalue weighted by Crippen LogP contribution is 2.41. The summed E-state index contributed by atoms with van der Waals surface area (Å²) in [5.41, 5.74) is 1.36. The summed E-state index contributed by atoms with van der Waals surface area (Å²) in [6.07, 6.45) is 4.53. The van der Waals surface area contributed by atoms with Crippen molar-refractivity contribution in [3.63, 3.8) is 0 Å². The van der Waals surface area contributed by atoms with Crippen molar-refractivity contribution in [2.24, 2.45) is 5.92 Å². The van der Waals surface area contributed by atoms with Gasteiger partial charge in [0.1, 0.15) is 0 Å². The van der Waals surface area contributed by atoms with Crippen molar-refractivity contribution in [2.45, 2.75) is 43.9 Å². The highest BCUT2D eigenvalue weighted by Gasteiger charge is 2.34. The average molecular weight is 353 g/mol. The summed E-state index contributed by atoms with van der Waals surface area (Å²) in [7, 11) is 1.63. The molecular formula is C19H29ClN2O2. The van der Waals surface area contributed by atoms with E-state index < -0.39 is 0 Å². The van der Waals surface area contributed by atoms with Gasteiger partial charge in [-0.05, 0) is 62.4 Å². The number of piperidine rings is 1. The van der Waals surface area contributed by atoms with Crippen molar-refractivity contribution in [3.8, 4) is 0 Å². The van der Waals surface area contributed by atoms with Crippen LogP contribution in [0.3, 0.4) is 0 Å². The van der Waals surface area contributed by atoms with Gasteiger partial charge in [0.05, 0.1) is 12.7 Å². The Bertz CT molecular complexity index is 499. The molecule has 1 saturated heterocycles. The summed E-state index contributed by atoms with van der Waals surface area (Å²) in [5.74, 6) is 0.771. The topological polar surface area (TPSA) is 44.7 Å². The van der Waals surface area contributed by atoms with Gasteiger partial charge < -0.3 is 20.1 Å².